The Morgan fingerprint density at radius 1 is 1.12 bits per heavy atom. The van der Waals surface area contributed by atoms with Gasteiger partial charge in [-0.25, -0.2) is 4.79 Å². The van der Waals surface area contributed by atoms with Gasteiger partial charge in [0.15, 0.2) is 0 Å². The third-order valence-corrected chi connectivity index (χ3v) is 5.84. The number of hydrogen-bond acceptors (Lipinski definition) is 4. The van der Waals surface area contributed by atoms with E-state index in [-0.39, 0.29) is 12.5 Å². The normalized spacial score (nSPS) is 12.0. The van der Waals surface area contributed by atoms with Crippen LogP contribution in [-0.4, -0.2) is 29.1 Å². The molecule has 0 fully saturated rings. The van der Waals surface area contributed by atoms with Gasteiger partial charge in [-0.05, 0) is 48.2 Å². The molecular weight excluding hydrogens is 406 g/mol. The van der Waals surface area contributed by atoms with Crippen LogP contribution in [0.25, 0.3) is 10.9 Å². The summed E-state index contributed by atoms with van der Waals surface area (Å²) in [5, 5.41) is 3.35. The second kappa shape index (κ2) is 10.8. The van der Waals surface area contributed by atoms with E-state index in [4.69, 9.17) is 4.74 Å². The summed E-state index contributed by atoms with van der Waals surface area (Å²) in [5.74, 6) is 0.948. The SMILES string of the molecule is CCCC[C@H](CC)CNC(=O)c1ccc2c(=O)n(Cc3ccc(OC)cc3)c(=O)[nH]c2c1. The number of hydrogen-bond donors (Lipinski definition) is 2. The topological polar surface area (TPSA) is 93.2 Å². The Labute approximate surface area is 187 Å². The lowest BCUT2D eigenvalue weighted by atomic mass is 9.99. The maximum atomic E-state index is 12.9. The molecule has 0 aliphatic heterocycles. The number of nitrogens with one attached hydrogen (secondary N) is 2. The Bertz CT molecular complexity index is 1180. The third kappa shape index (κ3) is 5.46. The van der Waals surface area contributed by atoms with E-state index in [1.54, 1.807) is 37.4 Å². The summed E-state index contributed by atoms with van der Waals surface area (Å²) in [7, 11) is 1.58. The van der Waals surface area contributed by atoms with Crippen molar-refractivity contribution in [3.8, 4) is 5.75 Å². The number of aromatic amines is 1. The molecule has 1 atom stereocenters. The van der Waals surface area contributed by atoms with Gasteiger partial charge in [0.2, 0.25) is 0 Å². The first-order valence-electron chi connectivity index (χ1n) is 11.1. The number of ether oxygens (including phenoxy) is 1. The molecule has 0 unspecified atom stereocenters. The number of carbonyl (C=O) groups is 1. The standard InChI is InChI=1S/C25H31N3O4/c1-4-6-7-17(5-2)15-26-23(29)19-10-13-21-22(14-19)27-25(31)28(24(21)30)16-18-8-11-20(32-3)12-9-18/h8-14,17H,4-7,15-16H2,1-3H3,(H,26,29)(H,27,31)/t17-/m0/s1. The largest absolute Gasteiger partial charge is 0.497 e. The molecule has 0 radical (unpaired) electrons. The highest BCUT2D eigenvalue weighted by molar-refractivity contribution is 5.97. The number of aromatic nitrogens is 2. The van der Waals surface area contributed by atoms with Crippen molar-refractivity contribution in [3.05, 3.63) is 74.4 Å². The van der Waals surface area contributed by atoms with Gasteiger partial charge in [0, 0.05) is 12.1 Å². The molecule has 32 heavy (non-hydrogen) atoms. The first-order chi connectivity index (χ1) is 15.5. The maximum absolute atomic E-state index is 12.9. The predicted octanol–water partition coefficient (Wildman–Crippen LogP) is 3.69. The van der Waals surface area contributed by atoms with Crippen LogP contribution < -0.4 is 21.3 Å². The van der Waals surface area contributed by atoms with Crippen LogP contribution in [0.1, 0.15) is 55.5 Å². The zero-order chi connectivity index (χ0) is 23.1. The number of nitrogens with zero attached hydrogens (tertiary/aromatic N) is 1. The van der Waals surface area contributed by atoms with E-state index in [1.807, 2.05) is 12.1 Å². The van der Waals surface area contributed by atoms with Crippen molar-refractivity contribution in [2.45, 2.75) is 46.1 Å². The summed E-state index contributed by atoms with van der Waals surface area (Å²) in [6.07, 6.45) is 4.39. The lowest BCUT2D eigenvalue weighted by Gasteiger charge is -2.15. The van der Waals surface area contributed by atoms with Crippen molar-refractivity contribution in [1.82, 2.24) is 14.9 Å². The fraction of sp³-hybridized carbons (Fsp3) is 0.400. The van der Waals surface area contributed by atoms with Crippen LogP contribution in [0.2, 0.25) is 0 Å². The number of fused-ring (bicyclic) bond motifs is 1. The second-order valence-electron chi connectivity index (χ2n) is 8.06. The zero-order valence-electron chi connectivity index (χ0n) is 18.9. The van der Waals surface area contributed by atoms with Crippen molar-refractivity contribution in [2.24, 2.45) is 5.92 Å². The van der Waals surface area contributed by atoms with Gasteiger partial charge in [-0.1, -0.05) is 45.2 Å². The van der Waals surface area contributed by atoms with E-state index in [0.29, 0.717) is 34.7 Å². The average Bonchev–Trinajstić information content (AvgIpc) is 2.81. The monoisotopic (exact) mass is 437 g/mol. The molecule has 1 aromatic heterocycles. The van der Waals surface area contributed by atoms with Crippen LogP contribution in [0.5, 0.6) is 5.75 Å². The van der Waals surface area contributed by atoms with Gasteiger partial charge in [0.05, 0.1) is 24.6 Å². The van der Waals surface area contributed by atoms with Crippen molar-refractivity contribution >= 4 is 16.8 Å². The van der Waals surface area contributed by atoms with Gasteiger partial charge in [-0.3, -0.25) is 14.2 Å². The van der Waals surface area contributed by atoms with Crippen LogP contribution in [0.3, 0.4) is 0 Å². The van der Waals surface area contributed by atoms with Crippen LogP contribution in [-0.2, 0) is 6.54 Å². The summed E-state index contributed by atoms with van der Waals surface area (Å²) in [6.45, 7) is 5.05. The molecule has 0 bridgehead atoms. The number of methoxy groups -OCH3 is 1. The molecule has 0 saturated carbocycles. The number of rotatable bonds is 10. The van der Waals surface area contributed by atoms with Gasteiger partial charge >= 0.3 is 5.69 Å². The highest BCUT2D eigenvalue weighted by Crippen LogP contribution is 2.14. The summed E-state index contributed by atoms with van der Waals surface area (Å²) >= 11 is 0. The smallest absolute Gasteiger partial charge is 0.329 e. The zero-order valence-corrected chi connectivity index (χ0v) is 18.9. The van der Waals surface area contributed by atoms with E-state index in [2.05, 4.69) is 24.1 Å². The highest BCUT2D eigenvalue weighted by Gasteiger charge is 2.13. The van der Waals surface area contributed by atoms with Crippen molar-refractivity contribution in [1.29, 1.82) is 0 Å². The molecule has 7 heteroatoms. The van der Waals surface area contributed by atoms with Gasteiger partial charge in [0.25, 0.3) is 11.5 Å². The van der Waals surface area contributed by atoms with E-state index in [9.17, 15) is 14.4 Å². The van der Waals surface area contributed by atoms with Gasteiger partial charge < -0.3 is 15.0 Å². The number of benzene rings is 2. The molecule has 0 aliphatic carbocycles. The van der Waals surface area contributed by atoms with Crippen molar-refractivity contribution in [3.63, 3.8) is 0 Å². The lowest BCUT2D eigenvalue weighted by Crippen LogP contribution is -2.35. The number of amides is 1. The van der Waals surface area contributed by atoms with Crippen LogP contribution in [0.4, 0.5) is 0 Å². The number of carbonyl (C=O) groups excluding carboxylic acids is 1. The molecule has 0 spiro atoms. The first kappa shape index (κ1) is 23.3. The quantitative estimate of drug-likeness (QED) is 0.506. The third-order valence-electron chi connectivity index (χ3n) is 5.84. The molecule has 0 aliphatic rings. The molecule has 1 amide bonds. The fourth-order valence-corrected chi connectivity index (χ4v) is 3.74. The van der Waals surface area contributed by atoms with Gasteiger partial charge in [0.1, 0.15) is 5.75 Å². The van der Waals surface area contributed by atoms with E-state index < -0.39 is 11.2 Å². The molecule has 2 N–H and O–H groups in total. The second-order valence-corrected chi connectivity index (χ2v) is 8.06. The Kier molecular flexibility index (Phi) is 7.87. The van der Waals surface area contributed by atoms with Crippen LogP contribution in [0, 0.1) is 5.92 Å². The molecule has 7 nitrogen and oxygen atoms in total. The Morgan fingerprint density at radius 3 is 2.53 bits per heavy atom. The molecule has 0 saturated heterocycles. The molecular formula is C25H31N3O4. The number of unbranched alkanes of at least 4 members (excludes halogenated alkanes) is 1. The molecule has 3 aromatic rings. The lowest BCUT2D eigenvalue weighted by molar-refractivity contribution is 0.0946. The maximum Gasteiger partial charge on any atom is 0.329 e. The minimum absolute atomic E-state index is 0.145. The van der Waals surface area contributed by atoms with E-state index in [0.717, 1.165) is 35.8 Å². The van der Waals surface area contributed by atoms with Gasteiger partial charge in [-0.2, -0.15) is 0 Å². The molecule has 3 rings (SSSR count). The summed E-state index contributed by atoms with van der Waals surface area (Å²) in [5.41, 5.74) is 0.684. The van der Waals surface area contributed by atoms with E-state index >= 15 is 0 Å². The highest BCUT2D eigenvalue weighted by atomic mass is 16.5. The Balaban J connectivity index is 1.80. The predicted molar refractivity (Wildman–Crippen MR) is 127 cm³/mol. The van der Waals surface area contributed by atoms with Gasteiger partial charge in [-0.15, -0.1) is 0 Å². The molecule has 1 heterocycles. The first-order valence-corrected chi connectivity index (χ1v) is 11.1. The summed E-state index contributed by atoms with van der Waals surface area (Å²) < 4.78 is 6.30. The Morgan fingerprint density at radius 2 is 1.88 bits per heavy atom. The molecule has 170 valence electrons. The Hall–Kier alpha value is -3.35. The van der Waals surface area contributed by atoms with Crippen LogP contribution in [0.15, 0.2) is 52.1 Å². The minimum atomic E-state index is -0.513. The average molecular weight is 438 g/mol. The molecule has 2 aromatic carbocycles. The minimum Gasteiger partial charge on any atom is -0.497 e. The van der Waals surface area contributed by atoms with Crippen molar-refractivity contribution < 1.29 is 9.53 Å². The number of H-pyrrole nitrogens is 1. The summed E-state index contributed by atoms with van der Waals surface area (Å²) in [4.78, 5) is 40.9. The van der Waals surface area contributed by atoms with E-state index in [1.165, 1.54) is 0 Å². The fourth-order valence-electron chi connectivity index (χ4n) is 3.74. The summed E-state index contributed by atoms with van der Waals surface area (Å²) in [6, 6.07) is 12.0. The van der Waals surface area contributed by atoms with Crippen LogP contribution >= 0.6 is 0 Å². The van der Waals surface area contributed by atoms with Crippen molar-refractivity contribution in [2.75, 3.05) is 13.7 Å².